The van der Waals surface area contributed by atoms with Crippen molar-refractivity contribution in [1.82, 2.24) is 4.90 Å². The Morgan fingerprint density at radius 1 is 1.23 bits per heavy atom. The third kappa shape index (κ3) is 6.67. The van der Waals surface area contributed by atoms with Gasteiger partial charge >= 0.3 is 12.1 Å². The number of rotatable bonds is 5. The number of amides is 1. The molecular weight excluding hydrogens is 282 g/mol. The van der Waals surface area contributed by atoms with Gasteiger partial charge in [0.2, 0.25) is 0 Å². The number of nitrogens with zero attached hydrogens (tertiary/aromatic N) is 1. The number of ether oxygens (including phenoxy) is 2. The normalized spacial score (nSPS) is 18.0. The summed E-state index contributed by atoms with van der Waals surface area (Å²) in [5, 5.41) is 0. The number of carbonyl (C=O) groups excluding carboxylic acids is 2. The van der Waals surface area contributed by atoms with Gasteiger partial charge in [0.05, 0.1) is 12.5 Å². The molecule has 1 saturated heterocycles. The molecule has 1 amide bonds. The summed E-state index contributed by atoms with van der Waals surface area (Å²) in [5.74, 6) is 0.438. The Balaban J connectivity index is 2.28. The van der Waals surface area contributed by atoms with Gasteiger partial charge in [0, 0.05) is 13.1 Å². The van der Waals surface area contributed by atoms with E-state index in [9.17, 15) is 9.59 Å². The predicted octanol–water partition coefficient (Wildman–Crippen LogP) is 3.61. The molecule has 0 aromatic carbocycles. The molecule has 0 aromatic heterocycles. The Kier molecular flexibility index (Phi) is 7.17. The van der Waals surface area contributed by atoms with Crippen molar-refractivity contribution < 1.29 is 19.1 Å². The quantitative estimate of drug-likeness (QED) is 0.728. The lowest BCUT2D eigenvalue weighted by molar-refractivity contribution is -0.147. The van der Waals surface area contributed by atoms with Gasteiger partial charge in [-0.2, -0.15) is 0 Å². The van der Waals surface area contributed by atoms with E-state index in [1.54, 1.807) is 4.90 Å². The summed E-state index contributed by atoms with van der Waals surface area (Å²) in [4.78, 5) is 25.4. The average Bonchev–Trinajstić information content (AvgIpc) is 2.43. The largest absolute Gasteiger partial charge is 0.466 e. The van der Waals surface area contributed by atoms with Gasteiger partial charge in [-0.1, -0.05) is 6.92 Å². The van der Waals surface area contributed by atoms with Crippen molar-refractivity contribution >= 4 is 12.1 Å². The molecule has 0 spiro atoms. The minimum atomic E-state index is -0.441. The second kappa shape index (κ2) is 8.39. The maximum absolute atomic E-state index is 12.0. The van der Waals surface area contributed by atoms with Gasteiger partial charge in [0.15, 0.2) is 0 Å². The first-order chi connectivity index (χ1) is 10.2. The minimum Gasteiger partial charge on any atom is -0.466 e. The van der Waals surface area contributed by atoms with Crippen molar-refractivity contribution in [3.05, 3.63) is 0 Å². The van der Waals surface area contributed by atoms with Gasteiger partial charge in [-0.25, -0.2) is 4.79 Å². The van der Waals surface area contributed by atoms with Crippen LogP contribution in [-0.2, 0) is 14.3 Å². The standard InChI is InChI=1S/C17H31NO4/c1-6-21-15(19)13(2)7-8-14-9-11-18(12-10-14)16(20)22-17(3,4)5/h13-14H,6-12H2,1-5H3. The fourth-order valence-electron chi connectivity index (χ4n) is 2.62. The highest BCUT2D eigenvalue weighted by Gasteiger charge is 2.27. The van der Waals surface area contributed by atoms with Crippen LogP contribution in [-0.4, -0.2) is 42.3 Å². The van der Waals surface area contributed by atoms with Gasteiger partial charge in [0.1, 0.15) is 5.60 Å². The zero-order valence-electron chi connectivity index (χ0n) is 14.7. The second-order valence-corrected chi connectivity index (χ2v) is 7.14. The van der Waals surface area contributed by atoms with Crippen molar-refractivity contribution in [3.8, 4) is 0 Å². The van der Waals surface area contributed by atoms with E-state index in [4.69, 9.17) is 9.47 Å². The predicted molar refractivity (Wildman–Crippen MR) is 85.6 cm³/mol. The molecule has 1 aliphatic rings. The fourth-order valence-corrected chi connectivity index (χ4v) is 2.62. The van der Waals surface area contributed by atoms with E-state index in [0.717, 1.165) is 38.8 Å². The lowest BCUT2D eigenvalue weighted by atomic mass is 9.89. The van der Waals surface area contributed by atoms with Crippen molar-refractivity contribution in [2.45, 2.75) is 65.9 Å². The Morgan fingerprint density at radius 2 is 1.82 bits per heavy atom. The molecule has 1 aliphatic heterocycles. The van der Waals surface area contributed by atoms with Crippen molar-refractivity contribution in [1.29, 1.82) is 0 Å². The monoisotopic (exact) mass is 313 g/mol. The number of hydrogen-bond acceptors (Lipinski definition) is 4. The van der Waals surface area contributed by atoms with Crippen LogP contribution < -0.4 is 0 Å². The third-order valence-electron chi connectivity index (χ3n) is 3.96. The van der Waals surface area contributed by atoms with Gasteiger partial charge in [-0.15, -0.1) is 0 Å². The molecular formula is C17H31NO4. The highest BCUT2D eigenvalue weighted by Crippen LogP contribution is 2.25. The summed E-state index contributed by atoms with van der Waals surface area (Å²) in [6.45, 7) is 11.3. The SMILES string of the molecule is CCOC(=O)C(C)CCC1CCN(C(=O)OC(C)(C)C)CC1. The van der Waals surface area contributed by atoms with E-state index >= 15 is 0 Å². The van der Waals surface area contributed by atoms with Crippen LogP contribution >= 0.6 is 0 Å². The minimum absolute atomic E-state index is 0.0381. The van der Waals surface area contributed by atoms with Crippen LogP contribution in [0.3, 0.4) is 0 Å². The van der Waals surface area contributed by atoms with E-state index in [0.29, 0.717) is 12.5 Å². The van der Waals surface area contributed by atoms with Crippen LogP contribution in [0, 0.1) is 11.8 Å². The lowest BCUT2D eigenvalue weighted by Crippen LogP contribution is -2.41. The smallest absolute Gasteiger partial charge is 0.410 e. The first-order valence-electron chi connectivity index (χ1n) is 8.37. The number of hydrogen-bond donors (Lipinski definition) is 0. The molecule has 0 radical (unpaired) electrons. The Bertz CT molecular complexity index is 367. The number of likely N-dealkylation sites (tertiary alicyclic amines) is 1. The summed E-state index contributed by atoms with van der Waals surface area (Å²) in [6, 6.07) is 0. The van der Waals surface area contributed by atoms with E-state index in [1.165, 1.54) is 0 Å². The molecule has 5 nitrogen and oxygen atoms in total. The topological polar surface area (TPSA) is 55.8 Å². The number of piperidine rings is 1. The second-order valence-electron chi connectivity index (χ2n) is 7.14. The molecule has 5 heteroatoms. The molecule has 0 bridgehead atoms. The van der Waals surface area contributed by atoms with Gasteiger partial charge in [-0.3, -0.25) is 4.79 Å². The molecule has 0 saturated carbocycles. The van der Waals surface area contributed by atoms with Crippen molar-refractivity contribution in [3.63, 3.8) is 0 Å². The molecule has 1 unspecified atom stereocenters. The molecule has 22 heavy (non-hydrogen) atoms. The van der Waals surface area contributed by atoms with Crippen LogP contribution in [0.1, 0.15) is 60.3 Å². The zero-order chi connectivity index (χ0) is 16.8. The molecule has 128 valence electrons. The first-order valence-corrected chi connectivity index (χ1v) is 8.37. The molecule has 1 heterocycles. The van der Waals surface area contributed by atoms with Crippen LogP contribution in [0.15, 0.2) is 0 Å². The fraction of sp³-hybridized carbons (Fsp3) is 0.882. The molecule has 0 N–H and O–H groups in total. The molecule has 1 rings (SSSR count). The maximum Gasteiger partial charge on any atom is 0.410 e. The van der Waals surface area contributed by atoms with Crippen LogP contribution in [0.25, 0.3) is 0 Å². The summed E-state index contributed by atoms with van der Waals surface area (Å²) < 4.78 is 10.4. The van der Waals surface area contributed by atoms with Gasteiger partial charge < -0.3 is 14.4 Å². The van der Waals surface area contributed by atoms with Gasteiger partial charge in [-0.05, 0) is 59.3 Å². The highest BCUT2D eigenvalue weighted by atomic mass is 16.6. The van der Waals surface area contributed by atoms with E-state index in [-0.39, 0.29) is 18.0 Å². The highest BCUT2D eigenvalue weighted by molar-refractivity contribution is 5.71. The van der Waals surface area contributed by atoms with Crippen LogP contribution in [0.5, 0.6) is 0 Å². The van der Waals surface area contributed by atoms with E-state index in [2.05, 4.69) is 0 Å². The van der Waals surface area contributed by atoms with E-state index in [1.807, 2.05) is 34.6 Å². The Labute approximate surface area is 134 Å². The third-order valence-corrected chi connectivity index (χ3v) is 3.96. The van der Waals surface area contributed by atoms with Crippen LogP contribution in [0.2, 0.25) is 0 Å². The van der Waals surface area contributed by atoms with Gasteiger partial charge in [0.25, 0.3) is 0 Å². The number of carbonyl (C=O) groups is 2. The van der Waals surface area contributed by atoms with Crippen molar-refractivity contribution in [2.24, 2.45) is 11.8 Å². The Hall–Kier alpha value is -1.26. The van der Waals surface area contributed by atoms with Crippen LogP contribution in [0.4, 0.5) is 4.79 Å². The van der Waals surface area contributed by atoms with E-state index < -0.39 is 5.60 Å². The van der Waals surface area contributed by atoms with Crippen molar-refractivity contribution in [2.75, 3.05) is 19.7 Å². The molecule has 0 aromatic rings. The molecule has 1 atom stereocenters. The molecule has 0 aliphatic carbocycles. The lowest BCUT2D eigenvalue weighted by Gasteiger charge is -2.33. The average molecular weight is 313 g/mol. The summed E-state index contributed by atoms with van der Waals surface area (Å²) in [6.07, 6.45) is 3.62. The Morgan fingerprint density at radius 3 is 2.32 bits per heavy atom. The number of esters is 1. The summed E-state index contributed by atoms with van der Waals surface area (Å²) >= 11 is 0. The molecule has 1 fully saturated rings. The zero-order valence-corrected chi connectivity index (χ0v) is 14.7. The first kappa shape index (κ1) is 18.8. The summed E-state index contributed by atoms with van der Waals surface area (Å²) in [7, 11) is 0. The maximum atomic E-state index is 12.0. The summed E-state index contributed by atoms with van der Waals surface area (Å²) in [5.41, 5.74) is -0.441.